The smallest absolute Gasteiger partial charge is 0.314 e. The van der Waals surface area contributed by atoms with Crippen LogP contribution < -0.4 is 0 Å². The number of fused-ring (bicyclic) bond motifs is 7. The number of likely N-dealkylation sites (tertiary alicyclic amines) is 1. The first kappa shape index (κ1) is 43.3. The molecule has 1 aromatic rings. The summed E-state index contributed by atoms with van der Waals surface area (Å²) in [5.74, 6) is -0.608. The fraction of sp³-hybridized carbons (Fsp3) is 0.755. The second-order valence-corrected chi connectivity index (χ2v) is 28.0. The predicted molar refractivity (Wildman–Crippen MR) is 229 cm³/mol. The van der Waals surface area contributed by atoms with E-state index in [1.54, 1.807) is 0 Å². The summed E-state index contributed by atoms with van der Waals surface area (Å²) in [6.45, 7) is 25.0. The van der Waals surface area contributed by atoms with Crippen LogP contribution in [0.3, 0.4) is 0 Å². The highest BCUT2D eigenvalue weighted by Gasteiger charge is 2.72. The van der Waals surface area contributed by atoms with Crippen LogP contribution in [0.5, 0.6) is 0 Å². The Bertz CT molecular complexity index is 1810. The Balaban J connectivity index is 1.21. The largest absolute Gasteiger partial charge is 0.466 e. The molecule has 9 heteroatoms. The molecule has 0 bridgehead atoms. The second kappa shape index (κ2) is 15.3. The van der Waals surface area contributed by atoms with Gasteiger partial charge >= 0.3 is 17.9 Å². The number of esters is 3. The lowest BCUT2D eigenvalue weighted by molar-refractivity contribution is -0.211. The number of nitrogens with zero attached hydrogens (tertiary/aromatic N) is 1. The standard InChI is InChI=1S/C49H73NO7Si/c1-11-55-41(52)34-19-26-50(31-34)39-18-20-46(4)38(49(39,7)43(54)57-32-33-15-13-12-14-16-33)17-21-48(6)40(46)37(51)29-35-36-30-45(3,42(53)56-27-28-58(8,9)10)23-22-44(36,2)24-25-47(35,48)5/h12-16,29,34,36,38-40H,11,17-28,30-32H2,1-10H3/t34-,36+,38?,39+,40-,44-,45+,46+,47-,48-,49+/m1/s1. The van der Waals surface area contributed by atoms with E-state index in [2.05, 4.69) is 72.2 Å². The van der Waals surface area contributed by atoms with Gasteiger partial charge in [0.25, 0.3) is 0 Å². The molecule has 0 radical (unpaired) electrons. The van der Waals surface area contributed by atoms with Gasteiger partial charge in [0.15, 0.2) is 5.78 Å². The molecule has 1 unspecified atom stereocenters. The van der Waals surface area contributed by atoms with Crippen molar-refractivity contribution in [2.45, 2.75) is 151 Å². The topological polar surface area (TPSA) is 99.2 Å². The lowest BCUT2D eigenvalue weighted by atomic mass is 9.33. The number of rotatable bonds is 10. The second-order valence-electron chi connectivity index (χ2n) is 22.3. The first-order valence-corrected chi connectivity index (χ1v) is 26.4. The molecule has 58 heavy (non-hydrogen) atoms. The molecular weight excluding hydrogens is 743 g/mol. The van der Waals surface area contributed by atoms with Crippen molar-refractivity contribution in [2.75, 3.05) is 26.3 Å². The number of carbonyl (C=O) groups excluding carboxylic acids is 4. The minimum atomic E-state index is -1.35. The number of hydrogen-bond acceptors (Lipinski definition) is 8. The monoisotopic (exact) mass is 816 g/mol. The molecule has 1 heterocycles. The lowest BCUT2D eigenvalue weighted by Crippen LogP contribution is -2.69. The molecular formula is C49H73NO7Si. The zero-order chi connectivity index (χ0) is 42.1. The molecule has 11 atom stereocenters. The quantitative estimate of drug-likeness (QED) is 0.131. The van der Waals surface area contributed by atoms with Crippen molar-refractivity contribution in [3.63, 3.8) is 0 Å². The van der Waals surface area contributed by atoms with Crippen LogP contribution in [-0.4, -0.2) is 69.0 Å². The summed E-state index contributed by atoms with van der Waals surface area (Å²) in [7, 11) is -1.35. The van der Waals surface area contributed by atoms with Gasteiger partial charge in [0.1, 0.15) is 6.61 Å². The zero-order valence-electron chi connectivity index (χ0n) is 37.5. The van der Waals surface area contributed by atoms with Crippen molar-refractivity contribution in [1.29, 1.82) is 0 Å². The molecule has 0 amide bonds. The third kappa shape index (κ3) is 7.07. The van der Waals surface area contributed by atoms with Gasteiger partial charge in [0.2, 0.25) is 0 Å². The van der Waals surface area contributed by atoms with Crippen molar-refractivity contribution < 1.29 is 33.4 Å². The summed E-state index contributed by atoms with van der Waals surface area (Å²) in [6, 6.07) is 10.7. The van der Waals surface area contributed by atoms with E-state index in [0.29, 0.717) is 26.2 Å². The van der Waals surface area contributed by atoms with Gasteiger partial charge in [-0.1, -0.05) is 83.2 Å². The zero-order valence-corrected chi connectivity index (χ0v) is 38.5. The lowest BCUT2D eigenvalue weighted by Gasteiger charge is -2.70. The SMILES string of the molecule is CCOC(=O)[C@@H]1CCN([C@H]2CC[C@@]3(C)C(CC[C@]4(C)[C@@H]3C(=O)C=C3[C@@H]5C[C@@](C)(C(=O)OCC[Si](C)(C)C)CC[C@]5(C)CC[C@]34C)[C@]2(C)C(=O)OCc2ccccc2)C1. The highest BCUT2D eigenvalue weighted by molar-refractivity contribution is 6.76. The van der Waals surface area contributed by atoms with Crippen LogP contribution in [0.15, 0.2) is 42.0 Å². The molecule has 1 aliphatic heterocycles. The van der Waals surface area contributed by atoms with E-state index < -0.39 is 24.3 Å². The third-order valence-corrected chi connectivity index (χ3v) is 19.4. The van der Waals surface area contributed by atoms with Gasteiger partial charge in [-0.2, -0.15) is 0 Å². The Hall–Kier alpha value is -2.78. The van der Waals surface area contributed by atoms with E-state index in [4.69, 9.17) is 14.2 Å². The Kier molecular flexibility index (Phi) is 11.4. The number of ketones is 1. The summed E-state index contributed by atoms with van der Waals surface area (Å²) in [6.07, 6.45) is 10.6. The van der Waals surface area contributed by atoms with E-state index in [-0.39, 0.29) is 76.3 Å². The maximum atomic E-state index is 15.3. The number of carbonyl (C=O) groups is 4. The Morgan fingerprint density at radius 1 is 0.828 bits per heavy atom. The van der Waals surface area contributed by atoms with Crippen molar-refractivity contribution in [2.24, 2.45) is 56.2 Å². The van der Waals surface area contributed by atoms with Crippen LogP contribution >= 0.6 is 0 Å². The maximum absolute atomic E-state index is 15.3. The average Bonchev–Trinajstić information content (AvgIpc) is 3.65. The summed E-state index contributed by atoms with van der Waals surface area (Å²) in [5.41, 5.74) is -0.166. The van der Waals surface area contributed by atoms with E-state index in [9.17, 15) is 14.4 Å². The molecule has 320 valence electrons. The summed E-state index contributed by atoms with van der Waals surface area (Å²) in [4.78, 5) is 59.4. The van der Waals surface area contributed by atoms with Gasteiger partial charge < -0.3 is 14.2 Å². The van der Waals surface area contributed by atoms with Crippen LogP contribution in [-0.2, 0) is 40.0 Å². The first-order valence-electron chi connectivity index (χ1n) is 22.7. The normalized spacial score (nSPS) is 41.2. The van der Waals surface area contributed by atoms with Crippen LogP contribution in [0.4, 0.5) is 0 Å². The minimum Gasteiger partial charge on any atom is -0.466 e. The van der Waals surface area contributed by atoms with Crippen LogP contribution in [0.25, 0.3) is 0 Å². The van der Waals surface area contributed by atoms with Gasteiger partial charge in [-0.15, -0.1) is 0 Å². The van der Waals surface area contributed by atoms with Crippen molar-refractivity contribution in [3.05, 3.63) is 47.5 Å². The van der Waals surface area contributed by atoms with Crippen molar-refractivity contribution >= 4 is 31.8 Å². The highest BCUT2D eigenvalue weighted by Crippen LogP contribution is 2.75. The molecule has 7 rings (SSSR count). The number of allylic oxidation sites excluding steroid dienone is 2. The fourth-order valence-corrected chi connectivity index (χ4v) is 14.6. The van der Waals surface area contributed by atoms with Crippen LogP contribution in [0, 0.1) is 56.2 Å². The van der Waals surface area contributed by atoms with Gasteiger partial charge in [-0.3, -0.25) is 24.1 Å². The molecule has 6 aliphatic rings. The molecule has 5 fully saturated rings. The molecule has 1 saturated heterocycles. The van der Waals surface area contributed by atoms with Gasteiger partial charge in [-0.25, -0.2) is 0 Å². The molecule has 1 aromatic carbocycles. The molecule has 5 aliphatic carbocycles. The Morgan fingerprint density at radius 2 is 1.53 bits per heavy atom. The highest BCUT2D eigenvalue weighted by atomic mass is 28.3. The summed E-state index contributed by atoms with van der Waals surface area (Å²) >= 11 is 0. The van der Waals surface area contributed by atoms with Gasteiger partial charge in [0, 0.05) is 26.6 Å². The first-order chi connectivity index (χ1) is 27.2. The van der Waals surface area contributed by atoms with Gasteiger partial charge in [0.05, 0.1) is 30.0 Å². The number of hydrogen-bond donors (Lipinski definition) is 0. The van der Waals surface area contributed by atoms with Crippen molar-refractivity contribution in [3.8, 4) is 0 Å². The molecule has 8 nitrogen and oxygen atoms in total. The molecule has 0 aromatic heterocycles. The fourth-order valence-electron chi connectivity index (χ4n) is 13.9. The van der Waals surface area contributed by atoms with Gasteiger partial charge in [-0.05, 0) is 143 Å². The molecule has 0 spiro atoms. The van der Waals surface area contributed by atoms with Crippen molar-refractivity contribution in [1.82, 2.24) is 4.90 Å². The summed E-state index contributed by atoms with van der Waals surface area (Å²) < 4.78 is 17.8. The third-order valence-electron chi connectivity index (χ3n) is 17.7. The molecule has 4 saturated carbocycles. The van der Waals surface area contributed by atoms with E-state index in [1.165, 1.54) is 5.57 Å². The predicted octanol–water partition coefficient (Wildman–Crippen LogP) is 9.83. The maximum Gasteiger partial charge on any atom is 0.314 e. The Morgan fingerprint density at radius 3 is 2.22 bits per heavy atom. The van der Waals surface area contributed by atoms with E-state index >= 15 is 4.79 Å². The number of benzene rings is 1. The average molecular weight is 816 g/mol. The summed E-state index contributed by atoms with van der Waals surface area (Å²) in [5, 5.41) is 0. The number of ether oxygens (including phenoxy) is 3. The van der Waals surface area contributed by atoms with Crippen LogP contribution in [0.1, 0.15) is 118 Å². The minimum absolute atomic E-state index is 0.0321. The van der Waals surface area contributed by atoms with E-state index in [1.807, 2.05) is 37.3 Å². The van der Waals surface area contributed by atoms with E-state index in [0.717, 1.165) is 75.9 Å². The van der Waals surface area contributed by atoms with Crippen LogP contribution in [0.2, 0.25) is 25.7 Å². The Labute approximate surface area is 350 Å². The molecule has 0 N–H and O–H groups in total.